The number of aliphatic hydroxyl groups excluding tert-OH is 1. The summed E-state index contributed by atoms with van der Waals surface area (Å²) in [5, 5.41) is 13.6. The van der Waals surface area contributed by atoms with E-state index >= 15 is 0 Å². The van der Waals surface area contributed by atoms with Crippen molar-refractivity contribution in [1.82, 2.24) is 14.7 Å². The van der Waals surface area contributed by atoms with E-state index in [9.17, 15) is 0 Å². The maximum Gasteiger partial charge on any atom is 0.0644 e. The Labute approximate surface area is 139 Å². The average Bonchev–Trinajstić information content (AvgIpc) is 2.76. The van der Waals surface area contributed by atoms with Crippen molar-refractivity contribution < 1.29 is 5.11 Å². The fourth-order valence-corrected chi connectivity index (χ4v) is 2.92. The molecule has 1 aromatic heterocycles. The predicted molar refractivity (Wildman–Crippen MR) is 94.5 cm³/mol. The molecule has 0 fully saturated rings. The topological polar surface area (TPSA) is 41.3 Å². The molecule has 23 heavy (non-hydrogen) atoms. The number of rotatable bonds is 7. The van der Waals surface area contributed by atoms with E-state index in [1.807, 2.05) is 11.6 Å². The Kier molecular flexibility index (Phi) is 5.97. The summed E-state index contributed by atoms with van der Waals surface area (Å²) in [4.78, 5) is 2.31. The zero-order chi connectivity index (χ0) is 17.0. The predicted octanol–water partition coefficient (Wildman–Crippen LogP) is 3.25. The Bertz CT molecular complexity index is 629. The van der Waals surface area contributed by atoms with E-state index in [-0.39, 0.29) is 6.61 Å². The largest absolute Gasteiger partial charge is 0.394 e. The van der Waals surface area contributed by atoms with Crippen LogP contribution in [-0.2, 0) is 19.6 Å². The van der Waals surface area contributed by atoms with Gasteiger partial charge in [-0.05, 0) is 37.9 Å². The first-order valence-corrected chi connectivity index (χ1v) is 8.33. The SMILES string of the molecule is Cc1nn(CCO)c(C)c1CN(C)Cc1ccc(C(C)C)cc1. The summed E-state index contributed by atoms with van der Waals surface area (Å²) in [5.74, 6) is 0.574. The Morgan fingerprint density at radius 3 is 2.35 bits per heavy atom. The lowest BCUT2D eigenvalue weighted by Gasteiger charge is -2.18. The van der Waals surface area contributed by atoms with Gasteiger partial charge in [-0.25, -0.2) is 0 Å². The minimum absolute atomic E-state index is 0.124. The fraction of sp³-hybridized carbons (Fsp3) is 0.526. The molecular formula is C19H29N3O. The molecule has 0 aliphatic rings. The Balaban J connectivity index is 2.03. The van der Waals surface area contributed by atoms with Gasteiger partial charge in [-0.2, -0.15) is 5.10 Å². The third-order valence-electron chi connectivity index (χ3n) is 4.37. The number of hydrogen-bond donors (Lipinski definition) is 1. The molecule has 1 heterocycles. The van der Waals surface area contributed by atoms with Gasteiger partial charge in [-0.15, -0.1) is 0 Å². The third-order valence-corrected chi connectivity index (χ3v) is 4.37. The maximum atomic E-state index is 9.11. The summed E-state index contributed by atoms with van der Waals surface area (Å²) in [6.07, 6.45) is 0. The van der Waals surface area contributed by atoms with Crippen LogP contribution in [0.15, 0.2) is 24.3 Å². The van der Waals surface area contributed by atoms with Gasteiger partial charge in [0.05, 0.1) is 18.8 Å². The van der Waals surface area contributed by atoms with Crippen molar-refractivity contribution in [2.75, 3.05) is 13.7 Å². The maximum absolute atomic E-state index is 9.11. The number of aliphatic hydroxyl groups is 1. The molecule has 2 aromatic rings. The number of aromatic nitrogens is 2. The number of hydrogen-bond acceptors (Lipinski definition) is 3. The van der Waals surface area contributed by atoms with Gasteiger partial charge >= 0.3 is 0 Å². The summed E-state index contributed by atoms with van der Waals surface area (Å²) in [7, 11) is 2.14. The summed E-state index contributed by atoms with van der Waals surface area (Å²) in [6, 6.07) is 8.90. The summed E-state index contributed by atoms with van der Waals surface area (Å²) in [5.41, 5.74) is 6.18. The average molecular weight is 315 g/mol. The molecule has 0 unspecified atom stereocenters. The highest BCUT2D eigenvalue weighted by molar-refractivity contribution is 5.26. The number of aryl methyl sites for hydroxylation is 1. The first-order chi connectivity index (χ1) is 10.9. The van der Waals surface area contributed by atoms with Crippen LogP contribution < -0.4 is 0 Å². The standard InChI is InChI=1S/C19H29N3O/c1-14(2)18-8-6-17(7-9-18)12-21(5)13-19-15(3)20-22(10-11-23)16(19)4/h6-9,14,23H,10-13H2,1-5H3. The highest BCUT2D eigenvalue weighted by Gasteiger charge is 2.13. The van der Waals surface area contributed by atoms with E-state index in [0.29, 0.717) is 12.5 Å². The highest BCUT2D eigenvalue weighted by atomic mass is 16.3. The first-order valence-electron chi connectivity index (χ1n) is 8.33. The van der Waals surface area contributed by atoms with Crippen molar-refractivity contribution in [2.24, 2.45) is 0 Å². The van der Waals surface area contributed by atoms with E-state index in [1.165, 1.54) is 16.7 Å². The van der Waals surface area contributed by atoms with Gasteiger partial charge in [0.2, 0.25) is 0 Å². The monoisotopic (exact) mass is 315 g/mol. The Hall–Kier alpha value is -1.65. The van der Waals surface area contributed by atoms with Crippen LogP contribution in [0.2, 0.25) is 0 Å². The van der Waals surface area contributed by atoms with Crippen molar-refractivity contribution >= 4 is 0 Å². The molecule has 4 heteroatoms. The summed E-state index contributed by atoms with van der Waals surface area (Å²) < 4.78 is 1.90. The van der Waals surface area contributed by atoms with Gasteiger partial charge in [0.1, 0.15) is 0 Å². The van der Waals surface area contributed by atoms with Crippen LogP contribution in [0.1, 0.15) is 47.8 Å². The summed E-state index contributed by atoms with van der Waals surface area (Å²) >= 11 is 0. The second-order valence-corrected chi connectivity index (χ2v) is 6.66. The second kappa shape index (κ2) is 7.75. The van der Waals surface area contributed by atoms with Crippen LogP contribution in [-0.4, -0.2) is 33.4 Å². The molecule has 0 radical (unpaired) electrons. The lowest BCUT2D eigenvalue weighted by molar-refractivity contribution is 0.267. The summed E-state index contributed by atoms with van der Waals surface area (Å²) in [6.45, 7) is 11.0. The van der Waals surface area contributed by atoms with E-state index in [2.05, 4.69) is 62.1 Å². The van der Waals surface area contributed by atoms with Gasteiger partial charge in [-0.3, -0.25) is 9.58 Å². The van der Waals surface area contributed by atoms with Crippen LogP contribution in [0.3, 0.4) is 0 Å². The number of nitrogens with zero attached hydrogens (tertiary/aromatic N) is 3. The quantitative estimate of drug-likeness (QED) is 0.853. The second-order valence-electron chi connectivity index (χ2n) is 6.66. The zero-order valence-electron chi connectivity index (χ0n) is 15.0. The molecule has 0 aliphatic heterocycles. The number of benzene rings is 1. The fourth-order valence-electron chi connectivity index (χ4n) is 2.92. The lowest BCUT2D eigenvalue weighted by Crippen LogP contribution is -2.18. The van der Waals surface area contributed by atoms with Crippen LogP contribution >= 0.6 is 0 Å². The van der Waals surface area contributed by atoms with Gasteiger partial charge in [0.25, 0.3) is 0 Å². The van der Waals surface area contributed by atoms with Crippen molar-refractivity contribution in [3.8, 4) is 0 Å². The highest BCUT2D eigenvalue weighted by Crippen LogP contribution is 2.18. The smallest absolute Gasteiger partial charge is 0.0644 e. The molecule has 126 valence electrons. The van der Waals surface area contributed by atoms with Crippen molar-refractivity contribution in [3.63, 3.8) is 0 Å². The van der Waals surface area contributed by atoms with Crippen molar-refractivity contribution in [3.05, 3.63) is 52.3 Å². The molecule has 4 nitrogen and oxygen atoms in total. The lowest BCUT2D eigenvalue weighted by atomic mass is 10.0. The van der Waals surface area contributed by atoms with E-state index < -0.39 is 0 Å². The normalized spacial score (nSPS) is 11.7. The Morgan fingerprint density at radius 2 is 1.78 bits per heavy atom. The van der Waals surface area contributed by atoms with Crippen molar-refractivity contribution in [2.45, 2.75) is 53.2 Å². The third kappa shape index (κ3) is 4.43. The molecule has 1 aromatic carbocycles. The molecule has 0 amide bonds. The molecule has 0 spiro atoms. The van der Waals surface area contributed by atoms with Gasteiger partial charge in [0.15, 0.2) is 0 Å². The minimum Gasteiger partial charge on any atom is -0.394 e. The minimum atomic E-state index is 0.124. The molecule has 2 rings (SSSR count). The van der Waals surface area contributed by atoms with Gasteiger partial charge in [-0.1, -0.05) is 38.1 Å². The molecule has 0 saturated heterocycles. The zero-order valence-corrected chi connectivity index (χ0v) is 15.0. The van der Waals surface area contributed by atoms with E-state index in [1.54, 1.807) is 0 Å². The molecular weight excluding hydrogens is 286 g/mol. The van der Waals surface area contributed by atoms with Gasteiger partial charge < -0.3 is 5.11 Å². The van der Waals surface area contributed by atoms with Crippen molar-refractivity contribution in [1.29, 1.82) is 0 Å². The Morgan fingerprint density at radius 1 is 1.13 bits per heavy atom. The molecule has 0 atom stereocenters. The van der Waals surface area contributed by atoms with Crippen LogP contribution in [0, 0.1) is 13.8 Å². The van der Waals surface area contributed by atoms with Gasteiger partial charge in [0, 0.05) is 24.3 Å². The molecule has 0 aliphatic carbocycles. The van der Waals surface area contributed by atoms with Crippen LogP contribution in [0.5, 0.6) is 0 Å². The molecule has 0 bridgehead atoms. The van der Waals surface area contributed by atoms with Crippen LogP contribution in [0.4, 0.5) is 0 Å². The van der Waals surface area contributed by atoms with E-state index in [4.69, 9.17) is 5.11 Å². The van der Waals surface area contributed by atoms with Crippen LogP contribution in [0.25, 0.3) is 0 Å². The molecule has 1 N–H and O–H groups in total. The van der Waals surface area contributed by atoms with E-state index in [0.717, 1.165) is 24.5 Å². The molecule has 0 saturated carbocycles. The first kappa shape index (κ1) is 17.7.